The van der Waals surface area contributed by atoms with Gasteiger partial charge in [-0.3, -0.25) is 9.36 Å². The number of nitrogens with one attached hydrogen (secondary N) is 1. The highest BCUT2D eigenvalue weighted by atomic mass is 19.3. The van der Waals surface area contributed by atoms with Gasteiger partial charge in [-0.15, -0.1) is 0 Å². The van der Waals surface area contributed by atoms with Gasteiger partial charge in [-0.1, -0.05) is 6.07 Å². The first-order chi connectivity index (χ1) is 19.4. The monoisotopic (exact) mass is 549 g/mol. The molecule has 0 fully saturated rings. The summed E-state index contributed by atoms with van der Waals surface area (Å²) in [5.74, 6) is 1.23. The molecule has 3 heterocycles. The molecular formula is C29H29F2N5O4. The number of aliphatic hydroxyl groups excluding tert-OH is 1. The van der Waals surface area contributed by atoms with E-state index < -0.39 is 6.61 Å². The fourth-order valence-corrected chi connectivity index (χ4v) is 4.65. The average molecular weight is 550 g/mol. The van der Waals surface area contributed by atoms with Crippen molar-refractivity contribution in [2.24, 2.45) is 7.05 Å². The number of nitrogens with zero attached hydrogens (tertiary/aromatic N) is 4. The first-order valence-corrected chi connectivity index (χ1v) is 12.9. The Bertz CT molecular complexity index is 1700. The number of alkyl halides is 2. The molecule has 5 aromatic rings. The van der Waals surface area contributed by atoms with Crippen LogP contribution in [0.25, 0.3) is 38.9 Å². The molecule has 0 amide bonds. The van der Waals surface area contributed by atoms with E-state index in [9.17, 15) is 13.6 Å². The summed E-state index contributed by atoms with van der Waals surface area (Å²) in [6.07, 6.45) is 0.683. The van der Waals surface area contributed by atoms with E-state index in [0.717, 1.165) is 16.9 Å². The van der Waals surface area contributed by atoms with Crippen LogP contribution in [0.5, 0.6) is 11.6 Å². The number of halogens is 2. The molecule has 0 aliphatic heterocycles. The van der Waals surface area contributed by atoms with Crippen molar-refractivity contribution in [2.45, 2.75) is 20.0 Å². The minimum atomic E-state index is -2.95. The number of ether oxygens (including phenoxy) is 2. The number of pyridine rings is 2. The lowest BCUT2D eigenvalue weighted by molar-refractivity contribution is -0.0498. The van der Waals surface area contributed by atoms with Crippen LogP contribution in [-0.4, -0.2) is 57.1 Å². The van der Waals surface area contributed by atoms with Crippen molar-refractivity contribution < 1.29 is 23.4 Å². The minimum absolute atomic E-state index is 0.0146. The highest BCUT2D eigenvalue weighted by Crippen LogP contribution is 2.28. The number of aryl methyl sites for hydroxylation is 1. The lowest BCUT2D eigenvalue weighted by atomic mass is 10.0. The number of imidazole rings is 1. The van der Waals surface area contributed by atoms with Gasteiger partial charge in [0.25, 0.3) is 5.56 Å². The van der Waals surface area contributed by atoms with Crippen LogP contribution in [0.3, 0.4) is 0 Å². The van der Waals surface area contributed by atoms with E-state index in [1.54, 1.807) is 24.3 Å². The Hall–Kier alpha value is -4.35. The molecular weight excluding hydrogens is 520 g/mol. The SMILES string of the molecule is CCOc1ccc2cc(-c3ccc4nc(CCNCCO)n(C)c4c3)c(=O)n(-c3ccc(OC(F)F)cc3)c2n1. The molecule has 0 saturated carbocycles. The van der Waals surface area contributed by atoms with E-state index in [2.05, 4.69) is 15.0 Å². The number of hydrogen-bond donors (Lipinski definition) is 2. The third-order valence-corrected chi connectivity index (χ3v) is 6.54. The Morgan fingerprint density at radius 1 is 1.02 bits per heavy atom. The van der Waals surface area contributed by atoms with Gasteiger partial charge in [0, 0.05) is 43.6 Å². The summed E-state index contributed by atoms with van der Waals surface area (Å²) in [6, 6.07) is 16.9. The van der Waals surface area contributed by atoms with Gasteiger partial charge in [-0.2, -0.15) is 13.8 Å². The van der Waals surface area contributed by atoms with E-state index in [-0.39, 0.29) is 17.9 Å². The highest BCUT2D eigenvalue weighted by molar-refractivity contribution is 5.87. The van der Waals surface area contributed by atoms with Crippen molar-refractivity contribution >= 4 is 22.1 Å². The summed E-state index contributed by atoms with van der Waals surface area (Å²) in [5.41, 5.74) is 3.32. The van der Waals surface area contributed by atoms with Crippen LogP contribution in [0.15, 0.2) is 65.5 Å². The minimum Gasteiger partial charge on any atom is -0.478 e. The molecule has 0 aliphatic carbocycles. The second kappa shape index (κ2) is 11.8. The van der Waals surface area contributed by atoms with E-state index in [0.29, 0.717) is 59.8 Å². The van der Waals surface area contributed by atoms with Crippen molar-refractivity contribution in [1.82, 2.24) is 24.4 Å². The van der Waals surface area contributed by atoms with Crippen molar-refractivity contribution in [3.8, 4) is 28.4 Å². The average Bonchev–Trinajstić information content (AvgIpc) is 3.26. The fraction of sp³-hybridized carbons (Fsp3) is 0.276. The summed E-state index contributed by atoms with van der Waals surface area (Å²) in [7, 11) is 1.93. The summed E-state index contributed by atoms with van der Waals surface area (Å²) in [5, 5.41) is 12.8. The highest BCUT2D eigenvalue weighted by Gasteiger charge is 2.17. The molecule has 0 aliphatic rings. The zero-order valence-corrected chi connectivity index (χ0v) is 22.1. The van der Waals surface area contributed by atoms with Crippen molar-refractivity contribution in [2.75, 3.05) is 26.3 Å². The number of benzene rings is 2. The number of aliphatic hydroxyl groups is 1. The van der Waals surface area contributed by atoms with Crippen molar-refractivity contribution in [1.29, 1.82) is 0 Å². The Labute approximate surface area is 228 Å². The Balaban J connectivity index is 1.63. The largest absolute Gasteiger partial charge is 0.478 e. The Morgan fingerprint density at radius 2 is 1.82 bits per heavy atom. The lowest BCUT2D eigenvalue weighted by Crippen LogP contribution is -2.22. The molecule has 11 heteroatoms. The standard InChI is InChI=1S/C29H29F2N5O4/c1-3-39-26-11-5-19-16-22(18-4-10-23-24(17-18)35(2)25(33-23)12-13-32-14-15-37)28(38)36(27(19)34-26)20-6-8-21(9-7-20)40-29(30)31/h4-11,16-17,29,32,37H,3,12-15H2,1-2H3. The lowest BCUT2D eigenvalue weighted by Gasteiger charge is -2.14. The molecule has 0 saturated heterocycles. The van der Waals surface area contributed by atoms with Crippen LogP contribution < -0.4 is 20.3 Å². The van der Waals surface area contributed by atoms with Gasteiger partial charge >= 0.3 is 6.61 Å². The summed E-state index contributed by atoms with van der Waals surface area (Å²) in [6.45, 7) is 0.571. The van der Waals surface area contributed by atoms with Gasteiger partial charge in [0.05, 0.1) is 29.9 Å². The normalized spacial score (nSPS) is 11.6. The summed E-state index contributed by atoms with van der Waals surface area (Å²) < 4.78 is 38.9. The van der Waals surface area contributed by atoms with Gasteiger partial charge in [-0.05, 0) is 61.0 Å². The smallest absolute Gasteiger partial charge is 0.387 e. The first-order valence-electron chi connectivity index (χ1n) is 12.9. The van der Waals surface area contributed by atoms with Gasteiger partial charge in [0.15, 0.2) is 5.65 Å². The van der Waals surface area contributed by atoms with Crippen LogP contribution in [0.2, 0.25) is 0 Å². The first kappa shape index (κ1) is 27.2. The van der Waals surface area contributed by atoms with E-state index >= 15 is 0 Å². The maximum Gasteiger partial charge on any atom is 0.387 e. The molecule has 5 rings (SSSR count). The van der Waals surface area contributed by atoms with E-state index in [1.807, 2.05) is 42.8 Å². The third kappa shape index (κ3) is 5.51. The van der Waals surface area contributed by atoms with Crippen molar-refractivity contribution in [3.05, 3.63) is 76.8 Å². The quantitative estimate of drug-likeness (QED) is 0.240. The number of hydrogen-bond acceptors (Lipinski definition) is 7. The number of fused-ring (bicyclic) bond motifs is 2. The second-order valence-corrected chi connectivity index (χ2v) is 9.08. The maximum absolute atomic E-state index is 14.0. The molecule has 2 N–H and O–H groups in total. The Morgan fingerprint density at radius 3 is 2.55 bits per heavy atom. The second-order valence-electron chi connectivity index (χ2n) is 9.08. The molecule has 9 nitrogen and oxygen atoms in total. The van der Waals surface area contributed by atoms with Gasteiger partial charge in [0.2, 0.25) is 5.88 Å². The third-order valence-electron chi connectivity index (χ3n) is 6.54. The number of aromatic nitrogens is 4. The van der Waals surface area contributed by atoms with Crippen LogP contribution >= 0.6 is 0 Å². The van der Waals surface area contributed by atoms with Crippen LogP contribution in [-0.2, 0) is 13.5 Å². The topological polar surface area (TPSA) is 103 Å². The molecule has 0 atom stereocenters. The molecule has 0 radical (unpaired) electrons. The molecule has 0 bridgehead atoms. The van der Waals surface area contributed by atoms with Gasteiger partial charge < -0.3 is 24.5 Å². The van der Waals surface area contributed by atoms with Gasteiger partial charge in [0.1, 0.15) is 11.6 Å². The fourth-order valence-electron chi connectivity index (χ4n) is 4.65. The van der Waals surface area contributed by atoms with Crippen LogP contribution in [0, 0.1) is 0 Å². The number of rotatable bonds is 11. The molecule has 3 aromatic heterocycles. The van der Waals surface area contributed by atoms with Crippen LogP contribution in [0.1, 0.15) is 12.7 Å². The predicted molar refractivity (Wildman–Crippen MR) is 149 cm³/mol. The zero-order valence-electron chi connectivity index (χ0n) is 22.1. The molecule has 40 heavy (non-hydrogen) atoms. The van der Waals surface area contributed by atoms with Gasteiger partial charge in [-0.25, -0.2) is 4.98 Å². The summed E-state index contributed by atoms with van der Waals surface area (Å²) >= 11 is 0. The predicted octanol–water partition coefficient (Wildman–Crippen LogP) is 4.06. The Kier molecular flexibility index (Phi) is 8.04. The van der Waals surface area contributed by atoms with E-state index in [4.69, 9.17) is 14.8 Å². The maximum atomic E-state index is 14.0. The molecule has 0 spiro atoms. The van der Waals surface area contributed by atoms with Crippen molar-refractivity contribution in [3.63, 3.8) is 0 Å². The molecule has 0 unspecified atom stereocenters. The zero-order chi connectivity index (χ0) is 28.2. The van der Waals surface area contributed by atoms with Crippen LogP contribution in [0.4, 0.5) is 8.78 Å². The summed E-state index contributed by atoms with van der Waals surface area (Å²) in [4.78, 5) is 23.3. The molecule has 208 valence electrons. The molecule has 2 aromatic carbocycles. The van der Waals surface area contributed by atoms with E-state index in [1.165, 1.54) is 16.7 Å².